The summed E-state index contributed by atoms with van der Waals surface area (Å²) in [6.45, 7) is 9.55. The summed E-state index contributed by atoms with van der Waals surface area (Å²) in [6, 6.07) is 8.10. The van der Waals surface area contributed by atoms with E-state index in [1.165, 1.54) is 0 Å². The Kier molecular flexibility index (Phi) is 6.23. The van der Waals surface area contributed by atoms with E-state index < -0.39 is 0 Å². The van der Waals surface area contributed by atoms with Crippen molar-refractivity contribution in [3.8, 4) is 0 Å². The Balaban J connectivity index is 2.01. The second kappa shape index (κ2) is 8.17. The van der Waals surface area contributed by atoms with Gasteiger partial charge in [0.1, 0.15) is 11.3 Å². The van der Waals surface area contributed by atoms with E-state index in [0.29, 0.717) is 19.8 Å². The van der Waals surface area contributed by atoms with Crippen LogP contribution in [0.15, 0.2) is 28.7 Å². The fourth-order valence-electron chi connectivity index (χ4n) is 2.21. The van der Waals surface area contributed by atoms with Crippen LogP contribution in [-0.4, -0.2) is 25.9 Å². The maximum absolute atomic E-state index is 5.92. The molecule has 4 heteroatoms. The molecular formula is C17H25NO3. The molecule has 1 heterocycles. The molecule has 0 bridgehead atoms. The molecule has 0 amide bonds. The number of hydrogen-bond acceptors (Lipinski definition) is 4. The topological polar surface area (TPSA) is 43.6 Å². The Morgan fingerprint density at radius 2 is 2.00 bits per heavy atom. The summed E-state index contributed by atoms with van der Waals surface area (Å²) in [7, 11) is 0. The van der Waals surface area contributed by atoms with Gasteiger partial charge in [-0.25, -0.2) is 0 Å². The SMILES string of the molecule is CCNCc1oc2ccccc2c1COCCOC(C)C. The zero-order valence-electron chi connectivity index (χ0n) is 13.1. The lowest BCUT2D eigenvalue weighted by molar-refractivity contribution is 0.0142. The monoisotopic (exact) mass is 291 g/mol. The Hall–Kier alpha value is -1.36. The largest absolute Gasteiger partial charge is 0.459 e. The molecule has 116 valence electrons. The predicted octanol–water partition coefficient (Wildman–Crippen LogP) is 3.48. The second-order valence-electron chi connectivity index (χ2n) is 5.25. The molecule has 0 saturated carbocycles. The van der Waals surface area contributed by atoms with E-state index in [1.807, 2.05) is 32.0 Å². The smallest absolute Gasteiger partial charge is 0.134 e. The number of benzene rings is 1. The van der Waals surface area contributed by atoms with E-state index in [0.717, 1.165) is 35.4 Å². The average Bonchev–Trinajstić information content (AvgIpc) is 2.82. The summed E-state index contributed by atoms with van der Waals surface area (Å²) >= 11 is 0. The van der Waals surface area contributed by atoms with Crippen LogP contribution in [-0.2, 0) is 22.6 Å². The van der Waals surface area contributed by atoms with E-state index >= 15 is 0 Å². The molecule has 0 radical (unpaired) electrons. The van der Waals surface area contributed by atoms with Gasteiger partial charge >= 0.3 is 0 Å². The van der Waals surface area contributed by atoms with Crippen molar-refractivity contribution < 1.29 is 13.9 Å². The molecule has 21 heavy (non-hydrogen) atoms. The van der Waals surface area contributed by atoms with Crippen LogP contribution in [0.1, 0.15) is 32.1 Å². The molecule has 0 atom stereocenters. The van der Waals surface area contributed by atoms with Gasteiger partial charge in [-0.15, -0.1) is 0 Å². The molecule has 0 aliphatic carbocycles. The standard InChI is InChI=1S/C17H25NO3/c1-4-18-11-17-15(12-19-9-10-20-13(2)3)14-7-5-6-8-16(14)21-17/h5-8,13,18H,4,9-12H2,1-3H3. The third-order valence-electron chi connectivity index (χ3n) is 3.24. The minimum atomic E-state index is 0.243. The van der Waals surface area contributed by atoms with Crippen molar-refractivity contribution in [3.63, 3.8) is 0 Å². The van der Waals surface area contributed by atoms with Crippen LogP contribution >= 0.6 is 0 Å². The molecule has 2 rings (SSSR count). The Labute approximate surface area is 126 Å². The molecule has 0 unspecified atom stereocenters. The molecule has 1 aromatic carbocycles. The van der Waals surface area contributed by atoms with Crippen LogP contribution in [0.4, 0.5) is 0 Å². The fraction of sp³-hybridized carbons (Fsp3) is 0.529. The Morgan fingerprint density at radius 1 is 1.19 bits per heavy atom. The molecule has 4 nitrogen and oxygen atoms in total. The van der Waals surface area contributed by atoms with E-state index in [9.17, 15) is 0 Å². The van der Waals surface area contributed by atoms with Crippen molar-refractivity contribution in [1.29, 1.82) is 0 Å². The predicted molar refractivity (Wildman–Crippen MR) is 84.3 cm³/mol. The van der Waals surface area contributed by atoms with E-state index in [4.69, 9.17) is 13.9 Å². The Morgan fingerprint density at radius 3 is 2.76 bits per heavy atom. The van der Waals surface area contributed by atoms with Crippen LogP contribution in [0, 0.1) is 0 Å². The van der Waals surface area contributed by atoms with Crippen molar-refractivity contribution >= 4 is 11.0 Å². The zero-order chi connectivity index (χ0) is 15.1. The normalized spacial score (nSPS) is 11.6. The van der Waals surface area contributed by atoms with Gasteiger partial charge in [-0.1, -0.05) is 25.1 Å². The van der Waals surface area contributed by atoms with Crippen molar-refractivity contribution in [1.82, 2.24) is 5.32 Å². The van der Waals surface area contributed by atoms with Gasteiger partial charge in [0, 0.05) is 10.9 Å². The van der Waals surface area contributed by atoms with Crippen molar-refractivity contribution in [2.75, 3.05) is 19.8 Å². The third-order valence-corrected chi connectivity index (χ3v) is 3.24. The van der Waals surface area contributed by atoms with Gasteiger partial charge in [0.15, 0.2) is 0 Å². The minimum absolute atomic E-state index is 0.243. The molecule has 0 aliphatic rings. The first-order chi connectivity index (χ1) is 10.2. The number of nitrogens with one attached hydrogen (secondary N) is 1. The quantitative estimate of drug-likeness (QED) is 0.718. The lowest BCUT2D eigenvalue weighted by Crippen LogP contribution is -2.13. The summed E-state index contributed by atoms with van der Waals surface area (Å²) in [6.07, 6.45) is 0.243. The maximum Gasteiger partial charge on any atom is 0.134 e. The van der Waals surface area contributed by atoms with Crippen molar-refractivity contribution in [3.05, 3.63) is 35.6 Å². The number of furan rings is 1. The third kappa shape index (κ3) is 4.56. The van der Waals surface area contributed by atoms with Crippen molar-refractivity contribution in [2.24, 2.45) is 0 Å². The van der Waals surface area contributed by atoms with Gasteiger partial charge in [-0.2, -0.15) is 0 Å². The molecule has 0 aliphatic heterocycles. The van der Waals surface area contributed by atoms with Gasteiger partial charge in [-0.05, 0) is 26.5 Å². The summed E-state index contributed by atoms with van der Waals surface area (Å²) in [5, 5.41) is 4.44. The number of ether oxygens (including phenoxy) is 2. The van der Waals surface area contributed by atoms with E-state index in [2.05, 4.69) is 18.3 Å². The summed E-state index contributed by atoms with van der Waals surface area (Å²) in [4.78, 5) is 0. The summed E-state index contributed by atoms with van der Waals surface area (Å²) in [5.41, 5.74) is 2.05. The van der Waals surface area contributed by atoms with Gasteiger partial charge in [0.2, 0.25) is 0 Å². The first-order valence-corrected chi connectivity index (χ1v) is 7.61. The first kappa shape index (κ1) is 16.0. The number of hydrogen-bond donors (Lipinski definition) is 1. The molecular weight excluding hydrogens is 266 g/mol. The van der Waals surface area contributed by atoms with Crippen molar-refractivity contribution in [2.45, 2.75) is 40.0 Å². The van der Waals surface area contributed by atoms with Gasteiger partial charge in [0.05, 0.1) is 32.5 Å². The molecule has 0 fully saturated rings. The highest BCUT2D eigenvalue weighted by Crippen LogP contribution is 2.26. The fourth-order valence-corrected chi connectivity index (χ4v) is 2.21. The second-order valence-corrected chi connectivity index (χ2v) is 5.25. The molecule has 0 saturated heterocycles. The summed E-state index contributed by atoms with van der Waals surface area (Å²) < 4.78 is 17.2. The molecule has 1 N–H and O–H groups in total. The first-order valence-electron chi connectivity index (χ1n) is 7.61. The number of fused-ring (bicyclic) bond motifs is 1. The summed E-state index contributed by atoms with van der Waals surface area (Å²) in [5.74, 6) is 0.961. The zero-order valence-corrected chi connectivity index (χ0v) is 13.1. The van der Waals surface area contributed by atoms with E-state index in [1.54, 1.807) is 0 Å². The average molecular weight is 291 g/mol. The van der Waals surface area contributed by atoms with Crippen LogP contribution < -0.4 is 5.32 Å². The molecule has 0 spiro atoms. The van der Waals surface area contributed by atoms with Crippen LogP contribution in [0.2, 0.25) is 0 Å². The minimum Gasteiger partial charge on any atom is -0.459 e. The Bertz CT molecular complexity index is 548. The number of rotatable bonds is 9. The van der Waals surface area contributed by atoms with Crippen LogP contribution in [0.25, 0.3) is 11.0 Å². The maximum atomic E-state index is 5.92. The molecule has 2 aromatic rings. The van der Waals surface area contributed by atoms with Crippen LogP contribution in [0.3, 0.4) is 0 Å². The van der Waals surface area contributed by atoms with Gasteiger partial charge in [0.25, 0.3) is 0 Å². The van der Waals surface area contributed by atoms with Crippen LogP contribution in [0.5, 0.6) is 0 Å². The van der Waals surface area contributed by atoms with Gasteiger partial charge < -0.3 is 19.2 Å². The highest BCUT2D eigenvalue weighted by Gasteiger charge is 2.13. The highest BCUT2D eigenvalue weighted by molar-refractivity contribution is 5.82. The lowest BCUT2D eigenvalue weighted by atomic mass is 10.1. The molecule has 1 aromatic heterocycles. The number of para-hydroxylation sites is 1. The highest BCUT2D eigenvalue weighted by atomic mass is 16.5. The lowest BCUT2D eigenvalue weighted by Gasteiger charge is -2.08. The van der Waals surface area contributed by atoms with E-state index in [-0.39, 0.29) is 6.10 Å². The van der Waals surface area contributed by atoms with Gasteiger partial charge in [-0.3, -0.25) is 0 Å².